The summed E-state index contributed by atoms with van der Waals surface area (Å²) >= 11 is 3.02. The number of fused-ring (bicyclic) bond motifs is 3. The zero-order valence-electron chi connectivity index (χ0n) is 15.7. The minimum absolute atomic E-state index is 0.0149. The lowest BCUT2D eigenvalue weighted by Gasteiger charge is -2.30. The van der Waals surface area contributed by atoms with Crippen molar-refractivity contribution in [2.45, 2.75) is 50.7 Å². The molecule has 2 aliphatic rings. The van der Waals surface area contributed by atoms with Gasteiger partial charge in [-0.25, -0.2) is 4.98 Å². The van der Waals surface area contributed by atoms with E-state index in [0.29, 0.717) is 23.4 Å². The second-order valence-electron chi connectivity index (χ2n) is 7.49. The van der Waals surface area contributed by atoms with Gasteiger partial charge in [0.15, 0.2) is 5.16 Å². The van der Waals surface area contributed by atoms with Gasteiger partial charge in [0.05, 0.1) is 11.1 Å². The summed E-state index contributed by atoms with van der Waals surface area (Å²) in [4.78, 5) is 34.5. The summed E-state index contributed by atoms with van der Waals surface area (Å²) < 4.78 is 1.68. The number of hydrogen-bond acceptors (Lipinski definition) is 5. The van der Waals surface area contributed by atoms with Crippen molar-refractivity contribution in [3.8, 4) is 0 Å². The van der Waals surface area contributed by atoms with Crippen molar-refractivity contribution < 1.29 is 4.79 Å². The predicted octanol–water partition coefficient (Wildman–Crippen LogP) is 3.48. The summed E-state index contributed by atoms with van der Waals surface area (Å²) in [6, 6.07) is 0. The summed E-state index contributed by atoms with van der Waals surface area (Å²) in [5, 5.41) is 1.42. The Hall–Kier alpha value is -1.60. The van der Waals surface area contributed by atoms with E-state index in [0.717, 1.165) is 55.4 Å². The van der Waals surface area contributed by atoms with Crippen LogP contribution in [-0.2, 0) is 24.2 Å². The monoisotopic (exact) mass is 403 g/mol. The first-order valence-corrected chi connectivity index (χ1v) is 11.4. The van der Waals surface area contributed by atoms with Crippen LogP contribution in [0.1, 0.15) is 36.6 Å². The molecule has 2 aromatic rings. The minimum atomic E-state index is 0.0149. The fourth-order valence-corrected chi connectivity index (χ4v) is 6.15. The molecule has 0 aromatic carbocycles. The van der Waals surface area contributed by atoms with E-state index >= 15 is 0 Å². The molecule has 0 radical (unpaired) electrons. The number of rotatable bonds is 5. The van der Waals surface area contributed by atoms with Gasteiger partial charge < -0.3 is 4.90 Å². The number of likely N-dealkylation sites (tertiary alicyclic amines) is 1. The molecule has 7 heteroatoms. The number of aryl methyl sites for hydroxylation is 2. The second-order valence-corrected chi connectivity index (χ2v) is 9.51. The molecular weight excluding hydrogens is 378 g/mol. The Morgan fingerprint density at radius 1 is 1.37 bits per heavy atom. The first-order valence-electron chi connectivity index (χ1n) is 9.65. The summed E-state index contributed by atoms with van der Waals surface area (Å²) in [6.07, 6.45) is 7.01. The van der Waals surface area contributed by atoms with Crippen molar-refractivity contribution in [3.05, 3.63) is 33.4 Å². The molecule has 1 fully saturated rings. The number of allylic oxidation sites excluding steroid dienone is 1. The van der Waals surface area contributed by atoms with Crippen LogP contribution in [0.5, 0.6) is 0 Å². The van der Waals surface area contributed by atoms with Crippen LogP contribution in [0.2, 0.25) is 0 Å². The van der Waals surface area contributed by atoms with E-state index in [1.165, 1.54) is 22.2 Å². The molecule has 0 bridgehead atoms. The average Bonchev–Trinajstić information content (AvgIpc) is 3.23. The van der Waals surface area contributed by atoms with Crippen molar-refractivity contribution >= 4 is 39.2 Å². The number of thiophene rings is 1. The highest BCUT2D eigenvalue weighted by molar-refractivity contribution is 7.99. The molecule has 0 saturated carbocycles. The average molecular weight is 404 g/mol. The molecule has 1 saturated heterocycles. The quantitative estimate of drug-likeness (QED) is 0.436. The van der Waals surface area contributed by atoms with Crippen LogP contribution in [0, 0.1) is 5.92 Å². The molecule has 5 nitrogen and oxygen atoms in total. The van der Waals surface area contributed by atoms with Crippen molar-refractivity contribution in [2.24, 2.45) is 5.92 Å². The summed E-state index contributed by atoms with van der Waals surface area (Å²) in [5.41, 5.74) is 1.21. The number of amides is 1. The van der Waals surface area contributed by atoms with Crippen molar-refractivity contribution in [2.75, 3.05) is 18.8 Å². The van der Waals surface area contributed by atoms with E-state index in [2.05, 4.69) is 13.5 Å². The van der Waals surface area contributed by atoms with Crippen LogP contribution in [0.25, 0.3) is 10.2 Å². The molecule has 0 spiro atoms. The molecule has 1 amide bonds. The second kappa shape index (κ2) is 7.80. The zero-order valence-corrected chi connectivity index (χ0v) is 17.3. The highest BCUT2D eigenvalue weighted by Gasteiger charge is 2.24. The van der Waals surface area contributed by atoms with Gasteiger partial charge in [0.1, 0.15) is 4.83 Å². The molecule has 27 heavy (non-hydrogen) atoms. The van der Waals surface area contributed by atoms with Gasteiger partial charge in [0.2, 0.25) is 5.91 Å². The Kier molecular flexibility index (Phi) is 5.41. The van der Waals surface area contributed by atoms with Crippen LogP contribution >= 0.6 is 23.1 Å². The van der Waals surface area contributed by atoms with Crippen LogP contribution in [0.3, 0.4) is 0 Å². The Labute approximate surface area is 167 Å². The van der Waals surface area contributed by atoms with Crippen molar-refractivity contribution in [1.29, 1.82) is 0 Å². The lowest BCUT2D eigenvalue weighted by molar-refractivity contribution is -0.129. The van der Waals surface area contributed by atoms with E-state index in [-0.39, 0.29) is 11.5 Å². The molecule has 2 aromatic heterocycles. The highest BCUT2D eigenvalue weighted by atomic mass is 32.2. The largest absolute Gasteiger partial charge is 0.342 e. The topological polar surface area (TPSA) is 55.2 Å². The summed E-state index contributed by atoms with van der Waals surface area (Å²) in [7, 11) is 0. The molecule has 0 N–H and O–H groups in total. The lowest BCUT2D eigenvalue weighted by Crippen LogP contribution is -2.39. The van der Waals surface area contributed by atoms with Gasteiger partial charge in [0.25, 0.3) is 5.56 Å². The molecule has 1 aliphatic carbocycles. The number of carbonyl (C=O) groups excluding carboxylic acids is 1. The number of aromatic nitrogens is 2. The molecule has 144 valence electrons. The first kappa shape index (κ1) is 18.7. The van der Waals surface area contributed by atoms with E-state index in [1.54, 1.807) is 22.0 Å². The molecule has 0 atom stereocenters. The molecule has 4 rings (SSSR count). The SMILES string of the molecule is C=CCn1c(SCC(=O)N2CCC(C)CC2)nc2sc3c(c2c1=O)CCC3. The van der Waals surface area contributed by atoms with Gasteiger partial charge in [-0.2, -0.15) is 0 Å². The first-order chi connectivity index (χ1) is 13.1. The van der Waals surface area contributed by atoms with Gasteiger partial charge in [0, 0.05) is 24.5 Å². The van der Waals surface area contributed by atoms with Gasteiger partial charge in [-0.05, 0) is 43.6 Å². The maximum absolute atomic E-state index is 13.1. The fourth-order valence-electron chi connectivity index (χ4n) is 3.93. The van der Waals surface area contributed by atoms with Crippen molar-refractivity contribution in [1.82, 2.24) is 14.5 Å². The van der Waals surface area contributed by atoms with Gasteiger partial charge in [-0.1, -0.05) is 24.8 Å². The third kappa shape index (κ3) is 3.59. The Morgan fingerprint density at radius 2 is 2.15 bits per heavy atom. The lowest BCUT2D eigenvalue weighted by atomic mass is 9.99. The Bertz CT molecular complexity index is 939. The van der Waals surface area contributed by atoms with Crippen molar-refractivity contribution in [3.63, 3.8) is 0 Å². The fraction of sp³-hybridized carbons (Fsp3) is 0.550. The highest BCUT2D eigenvalue weighted by Crippen LogP contribution is 2.35. The molecular formula is C20H25N3O2S2. The van der Waals surface area contributed by atoms with Gasteiger partial charge in [-0.15, -0.1) is 17.9 Å². The van der Waals surface area contributed by atoms with E-state index in [1.807, 2.05) is 4.90 Å². The van der Waals surface area contributed by atoms with E-state index in [9.17, 15) is 9.59 Å². The van der Waals surface area contributed by atoms with E-state index < -0.39 is 0 Å². The maximum Gasteiger partial charge on any atom is 0.263 e. The number of carbonyl (C=O) groups is 1. The molecule has 3 heterocycles. The number of piperidine rings is 1. The number of hydrogen-bond donors (Lipinski definition) is 0. The zero-order chi connectivity index (χ0) is 19.0. The Morgan fingerprint density at radius 3 is 2.89 bits per heavy atom. The van der Waals surface area contributed by atoms with E-state index in [4.69, 9.17) is 4.98 Å². The van der Waals surface area contributed by atoms with Crippen LogP contribution in [-0.4, -0.2) is 39.2 Å². The minimum Gasteiger partial charge on any atom is -0.342 e. The van der Waals surface area contributed by atoms with Crippen LogP contribution in [0.15, 0.2) is 22.6 Å². The van der Waals surface area contributed by atoms with Gasteiger partial charge in [-0.3, -0.25) is 14.2 Å². The third-order valence-electron chi connectivity index (χ3n) is 5.56. The number of nitrogens with zero attached hydrogens (tertiary/aromatic N) is 3. The van der Waals surface area contributed by atoms with Crippen LogP contribution in [0.4, 0.5) is 0 Å². The molecule has 1 aliphatic heterocycles. The molecule has 0 unspecified atom stereocenters. The van der Waals surface area contributed by atoms with Crippen LogP contribution < -0.4 is 5.56 Å². The Balaban J connectivity index is 1.59. The van der Waals surface area contributed by atoms with Gasteiger partial charge >= 0.3 is 0 Å². The maximum atomic E-state index is 13.1. The smallest absolute Gasteiger partial charge is 0.263 e. The standard InChI is InChI=1S/C20H25N3O2S2/c1-3-9-23-19(25)17-14-5-4-6-15(14)27-18(17)21-20(23)26-12-16(24)22-10-7-13(2)8-11-22/h3,13H,1,4-12H2,2H3. The predicted molar refractivity (Wildman–Crippen MR) is 112 cm³/mol. The third-order valence-corrected chi connectivity index (χ3v) is 7.71. The number of thioether (sulfide) groups is 1. The normalized spacial score (nSPS) is 17.4. The summed E-state index contributed by atoms with van der Waals surface area (Å²) in [5.74, 6) is 1.17. The summed E-state index contributed by atoms with van der Waals surface area (Å²) in [6.45, 7) is 8.12.